The van der Waals surface area contributed by atoms with Crippen molar-refractivity contribution in [2.75, 3.05) is 7.11 Å². The number of esters is 1. The molecule has 2 aromatic rings. The van der Waals surface area contributed by atoms with Crippen molar-refractivity contribution in [2.24, 2.45) is 0 Å². The monoisotopic (exact) mass is 387 g/mol. The van der Waals surface area contributed by atoms with E-state index in [9.17, 15) is 13.2 Å². The van der Waals surface area contributed by atoms with E-state index >= 15 is 0 Å². The molecule has 0 spiro atoms. The summed E-state index contributed by atoms with van der Waals surface area (Å²) in [5.41, 5.74) is 2.65. The Morgan fingerprint density at radius 1 is 1.11 bits per heavy atom. The zero-order valence-corrected chi connectivity index (χ0v) is 16.6. The molecule has 0 aliphatic carbocycles. The molecule has 0 heterocycles. The Bertz CT molecular complexity index is 888. The number of aryl methyl sites for hydroxylation is 1. The summed E-state index contributed by atoms with van der Waals surface area (Å²) >= 11 is 0. The van der Waals surface area contributed by atoms with Gasteiger partial charge < -0.3 is 4.74 Å². The number of hydrogen-bond acceptors (Lipinski definition) is 4. The Morgan fingerprint density at radius 3 is 2.33 bits per heavy atom. The molecule has 0 aliphatic heterocycles. The average Bonchev–Trinajstić information content (AvgIpc) is 2.67. The fourth-order valence-corrected chi connectivity index (χ4v) is 3.91. The number of methoxy groups -OCH3 is 1. The lowest BCUT2D eigenvalue weighted by Gasteiger charge is -2.20. The Morgan fingerprint density at radius 2 is 1.74 bits per heavy atom. The number of allylic oxidation sites excluding steroid dienone is 1. The maximum absolute atomic E-state index is 12.8. The first-order valence-electron chi connectivity index (χ1n) is 8.71. The molecule has 0 aliphatic rings. The molecular weight excluding hydrogens is 362 g/mol. The van der Waals surface area contributed by atoms with Crippen molar-refractivity contribution in [3.8, 4) is 0 Å². The van der Waals surface area contributed by atoms with Crippen LogP contribution in [0.1, 0.15) is 36.9 Å². The zero-order chi connectivity index (χ0) is 19.9. The summed E-state index contributed by atoms with van der Waals surface area (Å²) in [5.74, 6) is -0.296. The van der Waals surface area contributed by atoms with Crippen LogP contribution in [0.5, 0.6) is 0 Å². The first-order valence-corrected chi connectivity index (χ1v) is 10.2. The minimum atomic E-state index is -3.70. The third kappa shape index (κ3) is 6.05. The number of nitrogens with one attached hydrogen (secondary N) is 1. The van der Waals surface area contributed by atoms with E-state index in [1.807, 2.05) is 50.3 Å². The van der Waals surface area contributed by atoms with E-state index in [4.69, 9.17) is 0 Å². The van der Waals surface area contributed by atoms with E-state index in [1.54, 1.807) is 24.3 Å². The molecule has 0 saturated heterocycles. The van der Waals surface area contributed by atoms with Gasteiger partial charge in [0.25, 0.3) is 0 Å². The van der Waals surface area contributed by atoms with Crippen LogP contribution in [0.4, 0.5) is 0 Å². The molecule has 6 heteroatoms. The van der Waals surface area contributed by atoms with Gasteiger partial charge in [0.1, 0.15) is 0 Å². The maximum atomic E-state index is 12.8. The quantitative estimate of drug-likeness (QED) is 0.550. The summed E-state index contributed by atoms with van der Waals surface area (Å²) in [4.78, 5) is 11.5. The van der Waals surface area contributed by atoms with Crippen LogP contribution in [0.3, 0.4) is 0 Å². The smallest absolute Gasteiger partial charge is 0.305 e. The molecule has 0 saturated carbocycles. The fourth-order valence-electron chi connectivity index (χ4n) is 2.65. The van der Waals surface area contributed by atoms with Crippen molar-refractivity contribution in [1.82, 2.24) is 4.72 Å². The molecule has 2 aromatic carbocycles. The van der Waals surface area contributed by atoms with E-state index in [2.05, 4.69) is 9.46 Å². The summed E-state index contributed by atoms with van der Waals surface area (Å²) in [6, 6.07) is 15.6. The van der Waals surface area contributed by atoms with E-state index in [-0.39, 0.29) is 17.3 Å². The number of sulfonamides is 1. The molecule has 0 amide bonds. The van der Waals surface area contributed by atoms with Crippen LogP contribution in [0.15, 0.2) is 71.1 Å². The van der Waals surface area contributed by atoms with Crippen molar-refractivity contribution in [1.29, 1.82) is 0 Å². The van der Waals surface area contributed by atoms with Gasteiger partial charge in [0.15, 0.2) is 0 Å². The first kappa shape index (κ1) is 20.9. The molecule has 0 aromatic heterocycles. The highest BCUT2D eigenvalue weighted by Gasteiger charge is 2.22. The van der Waals surface area contributed by atoms with Gasteiger partial charge in [0, 0.05) is 6.42 Å². The van der Waals surface area contributed by atoms with Gasteiger partial charge in [-0.2, -0.15) is 4.72 Å². The summed E-state index contributed by atoms with van der Waals surface area (Å²) in [6.07, 6.45) is 2.60. The average molecular weight is 388 g/mol. The largest absolute Gasteiger partial charge is 0.469 e. The Balaban J connectivity index is 2.29. The Kier molecular flexibility index (Phi) is 7.33. The van der Waals surface area contributed by atoms with Crippen LogP contribution in [0.2, 0.25) is 0 Å². The van der Waals surface area contributed by atoms with Gasteiger partial charge in [-0.25, -0.2) is 8.42 Å². The number of ether oxygens (including phenoxy) is 1. The standard InChI is InChI=1S/C21H25NO4S/c1-16-12-14-19(15-13-16)27(24,25)22-21(18-9-5-4-6-10-18)17(2)8-7-11-20(23)26-3/h4-6,8-10,12-15,21-22H,7,11H2,1-3H3/b17-8+. The lowest BCUT2D eigenvalue weighted by molar-refractivity contribution is -0.140. The second-order valence-corrected chi connectivity index (χ2v) is 8.05. The highest BCUT2D eigenvalue weighted by molar-refractivity contribution is 7.89. The van der Waals surface area contributed by atoms with Crippen LogP contribution in [0.25, 0.3) is 0 Å². The van der Waals surface area contributed by atoms with E-state index < -0.39 is 16.1 Å². The van der Waals surface area contributed by atoms with Gasteiger partial charge in [0.2, 0.25) is 10.0 Å². The molecule has 1 N–H and O–H groups in total. The van der Waals surface area contributed by atoms with Gasteiger partial charge in [-0.15, -0.1) is 0 Å². The fraction of sp³-hybridized carbons (Fsp3) is 0.286. The van der Waals surface area contributed by atoms with E-state index in [1.165, 1.54) is 7.11 Å². The number of hydrogen-bond donors (Lipinski definition) is 1. The van der Waals surface area contributed by atoms with Crippen molar-refractivity contribution in [2.45, 2.75) is 37.6 Å². The van der Waals surface area contributed by atoms with Crippen molar-refractivity contribution < 1.29 is 17.9 Å². The molecule has 1 atom stereocenters. The molecule has 0 fully saturated rings. The summed E-state index contributed by atoms with van der Waals surface area (Å²) in [7, 11) is -2.35. The van der Waals surface area contributed by atoms with Crippen molar-refractivity contribution >= 4 is 16.0 Å². The van der Waals surface area contributed by atoms with Crippen LogP contribution < -0.4 is 4.72 Å². The third-order valence-corrected chi connectivity index (χ3v) is 5.67. The number of benzene rings is 2. The minimum absolute atomic E-state index is 0.219. The normalized spacial score (nSPS) is 13.2. The lowest BCUT2D eigenvalue weighted by atomic mass is 10.00. The molecule has 5 nitrogen and oxygen atoms in total. The Labute approximate surface area is 161 Å². The van der Waals surface area contributed by atoms with Gasteiger partial charge in [0.05, 0.1) is 18.0 Å². The van der Waals surface area contributed by atoms with Crippen LogP contribution >= 0.6 is 0 Å². The van der Waals surface area contributed by atoms with Crippen LogP contribution in [-0.2, 0) is 19.6 Å². The predicted molar refractivity (Wildman–Crippen MR) is 106 cm³/mol. The molecular formula is C21H25NO4S. The SMILES string of the molecule is COC(=O)CC/C=C(\C)C(NS(=O)(=O)c1ccc(C)cc1)c1ccccc1. The Hall–Kier alpha value is -2.44. The van der Waals surface area contributed by atoms with Crippen LogP contribution in [-0.4, -0.2) is 21.5 Å². The molecule has 1 unspecified atom stereocenters. The second kappa shape index (κ2) is 9.48. The lowest BCUT2D eigenvalue weighted by Crippen LogP contribution is -2.29. The summed E-state index contributed by atoms with van der Waals surface area (Å²) in [6.45, 7) is 3.76. The highest BCUT2D eigenvalue weighted by Crippen LogP contribution is 2.25. The zero-order valence-electron chi connectivity index (χ0n) is 15.8. The predicted octanol–water partition coefficient (Wildman–Crippen LogP) is 3.91. The molecule has 144 valence electrons. The number of carbonyl (C=O) groups excluding carboxylic acids is 1. The number of carbonyl (C=O) groups is 1. The molecule has 0 radical (unpaired) electrons. The first-order chi connectivity index (χ1) is 12.8. The number of rotatable bonds is 8. The van der Waals surface area contributed by atoms with Gasteiger partial charge >= 0.3 is 5.97 Å². The topological polar surface area (TPSA) is 72.5 Å². The second-order valence-electron chi connectivity index (χ2n) is 6.34. The molecule has 27 heavy (non-hydrogen) atoms. The van der Waals surface area contributed by atoms with Gasteiger partial charge in [-0.1, -0.05) is 59.7 Å². The molecule has 2 rings (SSSR count). The summed E-state index contributed by atoms with van der Waals surface area (Å²) in [5, 5.41) is 0. The van der Waals surface area contributed by atoms with E-state index in [0.29, 0.717) is 6.42 Å². The van der Waals surface area contributed by atoms with Gasteiger partial charge in [-0.05, 0) is 38.0 Å². The highest BCUT2D eigenvalue weighted by atomic mass is 32.2. The maximum Gasteiger partial charge on any atom is 0.305 e. The third-order valence-electron chi connectivity index (χ3n) is 4.23. The van der Waals surface area contributed by atoms with E-state index in [0.717, 1.165) is 16.7 Å². The summed E-state index contributed by atoms with van der Waals surface area (Å²) < 4.78 is 33.1. The van der Waals surface area contributed by atoms with Crippen molar-refractivity contribution in [3.63, 3.8) is 0 Å². The molecule has 0 bridgehead atoms. The van der Waals surface area contributed by atoms with Crippen molar-refractivity contribution in [3.05, 3.63) is 77.4 Å². The van der Waals surface area contributed by atoms with Crippen LogP contribution in [0, 0.1) is 6.92 Å². The van der Waals surface area contributed by atoms with Gasteiger partial charge in [-0.3, -0.25) is 4.79 Å². The minimum Gasteiger partial charge on any atom is -0.469 e.